The molecule has 84 valence electrons. The lowest BCUT2D eigenvalue weighted by Crippen LogP contribution is -2.39. The highest BCUT2D eigenvalue weighted by molar-refractivity contribution is 7.80. The van der Waals surface area contributed by atoms with Gasteiger partial charge in [-0.3, -0.25) is 9.69 Å². The maximum absolute atomic E-state index is 12.0. The molecular weight excluding hydrogens is 224 g/mol. The molecule has 0 aliphatic carbocycles. The van der Waals surface area contributed by atoms with Crippen molar-refractivity contribution in [3.63, 3.8) is 0 Å². The van der Waals surface area contributed by atoms with Crippen molar-refractivity contribution in [1.82, 2.24) is 5.32 Å². The zero-order valence-corrected chi connectivity index (χ0v) is 9.57. The zero-order chi connectivity index (χ0) is 11.7. The molecule has 2 atom stereocenters. The maximum Gasteiger partial charge on any atom is 0.258 e. The summed E-state index contributed by atoms with van der Waals surface area (Å²) in [5.41, 5.74) is 0.716. The third-order valence-corrected chi connectivity index (χ3v) is 2.77. The number of carbonyl (C=O) groups excluding carboxylic acids is 1. The molecule has 16 heavy (non-hydrogen) atoms. The lowest BCUT2D eigenvalue weighted by Gasteiger charge is -2.15. The minimum absolute atomic E-state index is 0.216. The van der Waals surface area contributed by atoms with Gasteiger partial charge in [0.1, 0.15) is 6.04 Å². The first kappa shape index (κ1) is 11.0. The van der Waals surface area contributed by atoms with E-state index in [9.17, 15) is 9.90 Å². The Kier molecular flexibility index (Phi) is 2.89. The van der Waals surface area contributed by atoms with E-state index in [1.54, 1.807) is 19.1 Å². The van der Waals surface area contributed by atoms with Gasteiger partial charge in [0, 0.05) is 0 Å². The number of thiocarbonyl (C=S) groups is 1. The molecule has 2 N–H and O–H groups in total. The third-order valence-electron chi connectivity index (χ3n) is 2.47. The smallest absolute Gasteiger partial charge is 0.258 e. The molecule has 4 nitrogen and oxygen atoms in total. The van der Waals surface area contributed by atoms with Crippen molar-refractivity contribution in [3.05, 3.63) is 30.3 Å². The number of carbonyl (C=O) groups is 1. The van der Waals surface area contributed by atoms with Crippen LogP contribution < -0.4 is 10.2 Å². The van der Waals surface area contributed by atoms with Gasteiger partial charge in [-0.15, -0.1) is 0 Å². The minimum atomic E-state index is -0.765. The van der Waals surface area contributed by atoms with E-state index in [2.05, 4.69) is 5.32 Å². The van der Waals surface area contributed by atoms with Gasteiger partial charge in [0.2, 0.25) is 0 Å². The summed E-state index contributed by atoms with van der Waals surface area (Å²) >= 11 is 5.08. The van der Waals surface area contributed by atoms with Crippen molar-refractivity contribution in [1.29, 1.82) is 0 Å². The van der Waals surface area contributed by atoms with Gasteiger partial charge in [-0.2, -0.15) is 0 Å². The molecule has 2 rings (SSSR count). The molecule has 0 spiro atoms. The normalized spacial score (nSPS) is 22.1. The molecule has 0 saturated carbocycles. The van der Waals surface area contributed by atoms with Gasteiger partial charge in [0.15, 0.2) is 5.11 Å². The van der Waals surface area contributed by atoms with Gasteiger partial charge in [-0.1, -0.05) is 18.2 Å². The van der Waals surface area contributed by atoms with Gasteiger partial charge in [0.05, 0.1) is 11.8 Å². The second-order valence-electron chi connectivity index (χ2n) is 3.68. The van der Waals surface area contributed by atoms with Crippen molar-refractivity contribution in [2.75, 3.05) is 4.90 Å². The van der Waals surface area contributed by atoms with E-state index in [1.165, 1.54) is 4.90 Å². The first-order valence-corrected chi connectivity index (χ1v) is 5.39. The molecule has 1 heterocycles. The lowest BCUT2D eigenvalue weighted by molar-refractivity contribution is -0.120. The molecule has 5 heteroatoms. The Labute approximate surface area is 98.9 Å². The highest BCUT2D eigenvalue weighted by Gasteiger charge is 2.38. The quantitative estimate of drug-likeness (QED) is 0.741. The van der Waals surface area contributed by atoms with Crippen LogP contribution >= 0.6 is 12.2 Å². The number of para-hydroxylation sites is 1. The summed E-state index contributed by atoms with van der Waals surface area (Å²) in [7, 11) is 0. The fourth-order valence-electron chi connectivity index (χ4n) is 1.65. The molecular formula is C11H12N2O2S. The van der Waals surface area contributed by atoms with E-state index in [0.717, 1.165) is 0 Å². The Morgan fingerprint density at radius 2 is 2.06 bits per heavy atom. The van der Waals surface area contributed by atoms with Gasteiger partial charge < -0.3 is 10.4 Å². The number of aliphatic hydroxyl groups excluding tert-OH is 1. The van der Waals surface area contributed by atoms with E-state index in [0.29, 0.717) is 10.8 Å². The molecule has 0 radical (unpaired) electrons. The predicted octanol–water partition coefficient (Wildman–Crippen LogP) is 0.657. The summed E-state index contributed by atoms with van der Waals surface area (Å²) in [4.78, 5) is 13.4. The van der Waals surface area contributed by atoms with Crippen molar-refractivity contribution in [2.24, 2.45) is 0 Å². The number of aliphatic hydroxyl groups is 1. The monoisotopic (exact) mass is 236 g/mol. The number of rotatable bonds is 2. The molecule has 1 amide bonds. The molecule has 1 aliphatic rings. The molecule has 2 unspecified atom stereocenters. The number of hydrogen-bond acceptors (Lipinski definition) is 3. The molecule has 1 aliphatic heterocycles. The first-order valence-electron chi connectivity index (χ1n) is 4.99. The van der Waals surface area contributed by atoms with Crippen LogP contribution in [0, 0.1) is 0 Å². The Morgan fingerprint density at radius 3 is 2.56 bits per heavy atom. The molecule has 1 aromatic carbocycles. The van der Waals surface area contributed by atoms with Crippen LogP contribution in [-0.4, -0.2) is 28.3 Å². The topological polar surface area (TPSA) is 52.6 Å². The average molecular weight is 236 g/mol. The van der Waals surface area contributed by atoms with E-state index >= 15 is 0 Å². The Bertz CT molecular complexity index is 419. The SMILES string of the molecule is CC(O)C1NC(=S)N(c2ccccc2)C1=O. The Balaban J connectivity index is 2.30. The number of amides is 1. The van der Waals surface area contributed by atoms with Crippen molar-refractivity contribution in [2.45, 2.75) is 19.1 Å². The minimum Gasteiger partial charge on any atom is -0.391 e. The molecule has 1 saturated heterocycles. The van der Waals surface area contributed by atoms with E-state index < -0.39 is 12.1 Å². The number of anilines is 1. The van der Waals surface area contributed by atoms with Crippen LogP contribution in [0.5, 0.6) is 0 Å². The van der Waals surface area contributed by atoms with Crippen LogP contribution in [0.1, 0.15) is 6.92 Å². The predicted molar refractivity (Wildman–Crippen MR) is 65.1 cm³/mol. The van der Waals surface area contributed by atoms with Crippen LogP contribution in [0.2, 0.25) is 0 Å². The van der Waals surface area contributed by atoms with Crippen LogP contribution in [0.25, 0.3) is 0 Å². The van der Waals surface area contributed by atoms with Gasteiger partial charge in [-0.05, 0) is 31.3 Å². The number of hydrogen-bond donors (Lipinski definition) is 2. The van der Waals surface area contributed by atoms with E-state index in [4.69, 9.17) is 12.2 Å². The largest absolute Gasteiger partial charge is 0.391 e. The molecule has 1 aromatic rings. The lowest BCUT2D eigenvalue weighted by atomic mass is 10.2. The van der Waals surface area contributed by atoms with Crippen LogP contribution in [0.4, 0.5) is 5.69 Å². The summed E-state index contributed by atoms with van der Waals surface area (Å²) in [5.74, 6) is -0.216. The molecule has 0 bridgehead atoms. The van der Waals surface area contributed by atoms with Gasteiger partial charge in [-0.25, -0.2) is 0 Å². The summed E-state index contributed by atoms with van der Waals surface area (Å²) in [6.07, 6.45) is -0.765. The highest BCUT2D eigenvalue weighted by atomic mass is 32.1. The second-order valence-corrected chi connectivity index (χ2v) is 4.06. The number of nitrogens with one attached hydrogen (secondary N) is 1. The summed E-state index contributed by atoms with van der Waals surface area (Å²) in [6.45, 7) is 1.56. The Hall–Kier alpha value is -1.46. The van der Waals surface area contributed by atoms with Crippen LogP contribution in [0.3, 0.4) is 0 Å². The van der Waals surface area contributed by atoms with Crippen LogP contribution in [-0.2, 0) is 4.79 Å². The zero-order valence-electron chi connectivity index (χ0n) is 8.75. The first-order chi connectivity index (χ1) is 7.61. The Morgan fingerprint density at radius 1 is 1.44 bits per heavy atom. The number of benzene rings is 1. The third kappa shape index (κ3) is 1.79. The van der Waals surface area contributed by atoms with Gasteiger partial charge in [0.25, 0.3) is 5.91 Å². The second kappa shape index (κ2) is 4.19. The summed E-state index contributed by atoms with van der Waals surface area (Å²) in [5, 5.41) is 12.6. The number of nitrogens with zero attached hydrogens (tertiary/aromatic N) is 1. The molecule has 0 aromatic heterocycles. The van der Waals surface area contributed by atoms with Crippen molar-refractivity contribution < 1.29 is 9.90 Å². The van der Waals surface area contributed by atoms with Crippen molar-refractivity contribution in [3.8, 4) is 0 Å². The van der Waals surface area contributed by atoms with Crippen molar-refractivity contribution >= 4 is 28.9 Å². The average Bonchev–Trinajstić information content (AvgIpc) is 2.56. The highest BCUT2D eigenvalue weighted by Crippen LogP contribution is 2.20. The maximum atomic E-state index is 12.0. The fraction of sp³-hybridized carbons (Fsp3) is 0.273. The van der Waals surface area contributed by atoms with E-state index in [-0.39, 0.29) is 5.91 Å². The summed E-state index contributed by atoms with van der Waals surface area (Å²) in [6, 6.07) is 8.49. The fourth-order valence-corrected chi connectivity index (χ4v) is 1.97. The summed E-state index contributed by atoms with van der Waals surface area (Å²) < 4.78 is 0. The van der Waals surface area contributed by atoms with Crippen LogP contribution in [0.15, 0.2) is 30.3 Å². The van der Waals surface area contributed by atoms with Gasteiger partial charge >= 0.3 is 0 Å². The standard InChI is InChI=1S/C11H12N2O2S/c1-7(14)9-10(15)13(11(16)12-9)8-5-3-2-4-6-8/h2-7,9,14H,1H3,(H,12,16). The van der Waals surface area contributed by atoms with E-state index in [1.807, 2.05) is 18.2 Å². The molecule has 1 fully saturated rings.